The molecule has 2 N–H and O–H groups in total. The van der Waals surface area contributed by atoms with Gasteiger partial charge >= 0.3 is 0 Å². The summed E-state index contributed by atoms with van der Waals surface area (Å²) in [5, 5.41) is 0. The summed E-state index contributed by atoms with van der Waals surface area (Å²) < 4.78 is 0. The van der Waals surface area contributed by atoms with Gasteiger partial charge in [0.15, 0.2) is 0 Å². The number of anilines is 2. The first-order valence-electron chi connectivity index (χ1n) is 6.41. The lowest BCUT2D eigenvalue weighted by Crippen LogP contribution is -2.26. The van der Waals surface area contributed by atoms with Gasteiger partial charge in [-0.1, -0.05) is 13.8 Å². The topological polar surface area (TPSA) is 55.0 Å². The summed E-state index contributed by atoms with van der Waals surface area (Å²) in [5.74, 6) is 1.45. The number of rotatable bonds is 3. The van der Waals surface area contributed by atoms with Crippen LogP contribution < -0.4 is 10.6 Å². The second-order valence-electron chi connectivity index (χ2n) is 5.29. The molecule has 0 saturated heterocycles. The number of nitrogens with two attached hydrogens (primary N) is 1. The van der Waals surface area contributed by atoms with E-state index >= 15 is 0 Å². The van der Waals surface area contributed by atoms with Crippen molar-refractivity contribution in [2.45, 2.75) is 46.0 Å². The van der Waals surface area contributed by atoms with Gasteiger partial charge in [-0.05, 0) is 32.1 Å². The maximum Gasteiger partial charge on any atom is 0.227 e. The number of nitrogen functional groups attached to an aromatic ring is 1. The van der Waals surface area contributed by atoms with Crippen molar-refractivity contribution in [3.05, 3.63) is 11.3 Å². The third kappa shape index (κ3) is 1.96. The van der Waals surface area contributed by atoms with Crippen LogP contribution >= 0.6 is 0 Å². The Labute approximate surface area is 103 Å². The van der Waals surface area contributed by atoms with Gasteiger partial charge in [-0.3, -0.25) is 0 Å². The van der Waals surface area contributed by atoms with Crippen molar-refractivity contribution in [1.82, 2.24) is 9.97 Å². The molecule has 1 aliphatic carbocycles. The second kappa shape index (κ2) is 4.17. The van der Waals surface area contributed by atoms with Gasteiger partial charge in [0.2, 0.25) is 5.95 Å². The van der Waals surface area contributed by atoms with Crippen LogP contribution in [0, 0.1) is 0 Å². The Bertz CT molecular complexity index is 422. The average Bonchev–Trinajstić information content (AvgIpc) is 2.57. The number of aryl methyl sites for hydroxylation is 1. The molecule has 2 rings (SSSR count). The summed E-state index contributed by atoms with van der Waals surface area (Å²) in [7, 11) is 0. The van der Waals surface area contributed by atoms with Crippen LogP contribution in [0.4, 0.5) is 11.8 Å². The smallest absolute Gasteiger partial charge is 0.227 e. The lowest BCUT2D eigenvalue weighted by Gasteiger charge is -2.23. The van der Waals surface area contributed by atoms with E-state index in [1.54, 1.807) is 0 Å². The van der Waals surface area contributed by atoms with Crippen molar-refractivity contribution in [2.75, 3.05) is 23.7 Å². The first-order chi connectivity index (χ1) is 7.99. The van der Waals surface area contributed by atoms with Crippen molar-refractivity contribution in [2.24, 2.45) is 0 Å². The molecule has 0 saturated carbocycles. The molecular formula is C13H22N4. The van der Waals surface area contributed by atoms with Crippen LogP contribution in [0.1, 0.15) is 45.4 Å². The lowest BCUT2D eigenvalue weighted by molar-refractivity contribution is 0.523. The predicted octanol–water partition coefficient (Wildman–Crippen LogP) is 2.13. The molecular weight excluding hydrogens is 212 g/mol. The van der Waals surface area contributed by atoms with Gasteiger partial charge in [0, 0.05) is 18.7 Å². The number of hydrogen-bond donors (Lipinski definition) is 1. The van der Waals surface area contributed by atoms with E-state index in [1.165, 1.54) is 0 Å². The normalized spacial score (nSPS) is 16.9. The molecule has 0 aromatic carbocycles. The van der Waals surface area contributed by atoms with E-state index in [2.05, 4.69) is 42.6 Å². The molecule has 4 heteroatoms. The Morgan fingerprint density at radius 3 is 2.47 bits per heavy atom. The lowest BCUT2D eigenvalue weighted by atomic mass is 9.87. The van der Waals surface area contributed by atoms with Gasteiger partial charge < -0.3 is 10.6 Å². The zero-order valence-electron chi connectivity index (χ0n) is 11.2. The van der Waals surface area contributed by atoms with Gasteiger partial charge in [0.05, 0.1) is 5.69 Å². The third-order valence-electron chi connectivity index (χ3n) is 3.71. The van der Waals surface area contributed by atoms with Gasteiger partial charge in [-0.2, -0.15) is 4.98 Å². The fraction of sp³-hybridized carbons (Fsp3) is 0.692. The highest BCUT2D eigenvalue weighted by Crippen LogP contribution is 2.40. The average molecular weight is 234 g/mol. The van der Waals surface area contributed by atoms with E-state index in [9.17, 15) is 0 Å². The van der Waals surface area contributed by atoms with Crippen LogP contribution in [-0.4, -0.2) is 23.1 Å². The SMILES string of the molecule is CCN(CC)c1nc(N)c2c(n1)CCC2(C)C. The van der Waals surface area contributed by atoms with Gasteiger partial charge in [0.25, 0.3) is 0 Å². The first kappa shape index (κ1) is 12.1. The predicted molar refractivity (Wildman–Crippen MR) is 71.4 cm³/mol. The first-order valence-corrected chi connectivity index (χ1v) is 6.41. The molecule has 4 nitrogen and oxygen atoms in total. The Kier molecular flexibility index (Phi) is 2.98. The zero-order valence-corrected chi connectivity index (χ0v) is 11.2. The minimum Gasteiger partial charge on any atom is -0.383 e. The van der Waals surface area contributed by atoms with Gasteiger partial charge in [-0.15, -0.1) is 0 Å². The second-order valence-corrected chi connectivity index (χ2v) is 5.29. The van der Waals surface area contributed by atoms with Crippen molar-refractivity contribution in [3.8, 4) is 0 Å². The van der Waals surface area contributed by atoms with E-state index < -0.39 is 0 Å². The summed E-state index contributed by atoms with van der Waals surface area (Å²) in [6.45, 7) is 10.5. The molecule has 0 aliphatic heterocycles. The van der Waals surface area contributed by atoms with E-state index in [-0.39, 0.29) is 5.41 Å². The minimum absolute atomic E-state index is 0.126. The third-order valence-corrected chi connectivity index (χ3v) is 3.71. The molecule has 0 radical (unpaired) electrons. The fourth-order valence-electron chi connectivity index (χ4n) is 2.64. The molecule has 0 spiro atoms. The molecule has 0 bridgehead atoms. The fourth-order valence-corrected chi connectivity index (χ4v) is 2.64. The molecule has 0 amide bonds. The Morgan fingerprint density at radius 2 is 1.88 bits per heavy atom. The number of nitrogens with zero attached hydrogens (tertiary/aromatic N) is 3. The van der Waals surface area contributed by atoms with E-state index in [0.29, 0.717) is 5.82 Å². The van der Waals surface area contributed by atoms with Crippen LogP contribution in [0.25, 0.3) is 0 Å². The summed E-state index contributed by atoms with van der Waals surface area (Å²) in [6, 6.07) is 0. The highest BCUT2D eigenvalue weighted by molar-refractivity contribution is 5.53. The molecule has 17 heavy (non-hydrogen) atoms. The minimum atomic E-state index is 0.126. The summed E-state index contributed by atoms with van der Waals surface area (Å²) in [4.78, 5) is 11.3. The van der Waals surface area contributed by atoms with Gasteiger partial charge in [0.1, 0.15) is 5.82 Å². The molecule has 1 aromatic rings. The largest absolute Gasteiger partial charge is 0.383 e. The Morgan fingerprint density at radius 1 is 1.24 bits per heavy atom. The summed E-state index contributed by atoms with van der Waals surface area (Å²) >= 11 is 0. The molecule has 0 unspecified atom stereocenters. The zero-order chi connectivity index (χ0) is 12.6. The molecule has 0 fully saturated rings. The summed E-state index contributed by atoms with van der Waals surface area (Å²) in [5.41, 5.74) is 8.55. The molecule has 1 aliphatic rings. The van der Waals surface area contributed by atoms with Crippen LogP contribution in [0.2, 0.25) is 0 Å². The van der Waals surface area contributed by atoms with E-state index in [1.807, 2.05) is 0 Å². The van der Waals surface area contributed by atoms with Gasteiger partial charge in [-0.25, -0.2) is 4.98 Å². The van der Waals surface area contributed by atoms with E-state index in [4.69, 9.17) is 5.73 Å². The Balaban J connectivity index is 2.47. The molecule has 0 atom stereocenters. The monoisotopic (exact) mass is 234 g/mol. The van der Waals surface area contributed by atoms with Crippen molar-refractivity contribution < 1.29 is 0 Å². The molecule has 94 valence electrons. The Hall–Kier alpha value is -1.32. The maximum absolute atomic E-state index is 6.12. The van der Waals surface area contributed by atoms with Crippen LogP contribution in [0.5, 0.6) is 0 Å². The number of aromatic nitrogens is 2. The summed E-state index contributed by atoms with van der Waals surface area (Å²) in [6.07, 6.45) is 2.13. The van der Waals surface area contributed by atoms with Crippen LogP contribution in [-0.2, 0) is 11.8 Å². The van der Waals surface area contributed by atoms with E-state index in [0.717, 1.165) is 43.1 Å². The number of fused-ring (bicyclic) bond motifs is 1. The highest BCUT2D eigenvalue weighted by atomic mass is 15.3. The van der Waals surface area contributed by atoms with Crippen molar-refractivity contribution in [1.29, 1.82) is 0 Å². The molecule has 1 heterocycles. The van der Waals surface area contributed by atoms with Crippen LogP contribution in [0.3, 0.4) is 0 Å². The van der Waals surface area contributed by atoms with Crippen molar-refractivity contribution >= 4 is 11.8 Å². The quantitative estimate of drug-likeness (QED) is 0.870. The number of hydrogen-bond acceptors (Lipinski definition) is 4. The highest BCUT2D eigenvalue weighted by Gasteiger charge is 2.34. The van der Waals surface area contributed by atoms with Crippen LogP contribution in [0.15, 0.2) is 0 Å². The standard InChI is InChI=1S/C13H22N4/c1-5-17(6-2)12-15-9-7-8-13(3,4)10(9)11(14)16-12/h5-8H2,1-4H3,(H2,14,15,16). The maximum atomic E-state index is 6.12. The van der Waals surface area contributed by atoms with Crippen molar-refractivity contribution in [3.63, 3.8) is 0 Å². The molecule has 1 aromatic heterocycles.